The van der Waals surface area contributed by atoms with E-state index in [1.165, 1.54) is 0 Å². The van der Waals surface area contributed by atoms with Crippen LogP contribution in [0.25, 0.3) is 0 Å². The van der Waals surface area contributed by atoms with Crippen LogP contribution in [-0.2, 0) is 6.54 Å². The third-order valence-electron chi connectivity index (χ3n) is 4.48. The van der Waals surface area contributed by atoms with Crippen molar-refractivity contribution in [2.75, 3.05) is 13.2 Å². The van der Waals surface area contributed by atoms with Crippen molar-refractivity contribution in [2.45, 2.75) is 27.3 Å². The lowest BCUT2D eigenvalue weighted by Gasteiger charge is -2.11. The number of hydrogen-bond donors (Lipinski definition) is 1. The van der Waals surface area contributed by atoms with Crippen LogP contribution >= 0.6 is 0 Å². The zero-order valence-corrected chi connectivity index (χ0v) is 16.0. The highest BCUT2D eigenvalue weighted by Gasteiger charge is 2.06. The first-order chi connectivity index (χ1) is 13.0. The summed E-state index contributed by atoms with van der Waals surface area (Å²) >= 11 is 0. The molecule has 3 rings (SSSR count). The molecular weight excluding hydrogens is 338 g/mol. The van der Waals surface area contributed by atoms with Gasteiger partial charge in [0, 0.05) is 24.5 Å². The van der Waals surface area contributed by atoms with Crippen LogP contribution in [0.15, 0.2) is 54.9 Å². The first-order valence-corrected chi connectivity index (χ1v) is 9.08. The average molecular weight is 363 g/mol. The summed E-state index contributed by atoms with van der Waals surface area (Å²) in [5.74, 6) is 1.74. The molecule has 0 unspecified atom stereocenters. The monoisotopic (exact) mass is 363 g/mol. The van der Waals surface area contributed by atoms with Gasteiger partial charge in [-0.1, -0.05) is 24.3 Å². The predicted octanol–water partition coefficient (Wildman–Crippen LogP) is 3.67. The fourth-order valence-electron chi connectivity index (χ4n) is 2.82. The van der Waals surface area contributed by atoms with Crippen molar-refractivity contribution >= 4 is 5.91 Å². The lowest BCUT2D eigenvalue weighted by molar-refractivity contribution is 0.0947. The van der Waals surface area contributed by atoms with E-state index in [1.807, 2.05) is 63.4 Å². The van der Waals surface area contributed by atoms with Crippen LogP contribution in [0.2, 0.25) is 0 Å². The number of amides is 1. The fourth-order valence-corrected chi connectivity index (χ4v) is 2.82. The highest BCUT2D eigenvalue weighted by atomic mass is 16.5. The maximum Gasteiger partial charge on any atom is 0.251 e. The molecule has 0 bridgehead atoms. The van der Waals surface area contributed by atoms with Crippen LogP contribution in [0, 0.1) is 20.8 Å². The van der Waals surface area contributed by atoms with Crippen LogP contribution in [-0.4, -0.2) is 28.6 Å². The molecule has 0 saturated carbocycles. The van der Waals surface area contributed by atoms with E-state index in [4.69, 9.17) is 4.74 Å². The summed E-state index contributed by atoms with van der Waals surface area (Å²) in [5.41, 5.74) is 4.03. The molecule has 1 heterocycles. The molecule has 0 fully saturated rings. The SMILES string of the molecule is Cc1ccc(C)c(OCCNC(=O)c2ccc(Cn3ccnc3C)cc2)c1. The van der Waals surface area contributed by atoms with E-state index in [-0.39, 0.29) is 5.91 Å². The zero-order valence-electron chi connectivity index (χ0n) is 16.0. The summed E-state index contributed by atoms with van der Waals surface area (Å²) in [4.78, 5) is 16.5. The molecule has 1 aromatic heterocycles. The topological polar surface area (TPSA) is 56.1 Å². The smallest absolute Gasteiger partial charge is 0.251 e. The number of nitrogens with zero attached hydrogens (tertiary/aromatic N) is 2. The van der Waals surface area contributed by atoms with Crippen molar-refractivity contribution in [3.05, 3.63) is 82.9 Å². The van der Waals surface area contributed by atoms with Crippen molar-refractivity contribution in [3.8, 4) is 5.75 Å². The number of rotatable bonds is 7. The van der Waals surface area contributed by atoms with Gasteiger partial charge in [-0.2, -0.15) is 0 Å². The first kappa shape index (κ1) is 18.7. The summed E-state index contributed by atoms with van der Waals surface area (Å²) in [5, 5.41) is 2.90. The molecule has 0 aliphatic rings. The van der Waals surface area contributed by atoms with Crippen LogP contribution in [0.3, 0.4) is 0 Å². The lowest BCUT2D eigenvalue weighted by atomic mass is 10.1. The van der Waals surface area contributed by atoms with E-state index in [9.17, 15) is 4.79 Å². The Balaban J connectivity index is 1.48. The van der Waals surface area contributed by atoms with Crippen LogP contribution in [0.5, 0.6) is 5.75 Å². The highest BCUT2D eigenvalue weighted by molar-refractivity contribution is 5.94. The molecule has 0 atom stereocenters. The number of carbonyl (C=O) groups is 1. The van der Waals surface area contributed by atoms with Gasteiger partial charge < -0.3 is 14.6 Å². The van der Waals surface area contributed by atoms with Gasteiger partial charge in [0.2, 0.25) is 0 Å². The molecule has 3 aromatic rings. The third-order valence-corrected chi connectivity index (χ3v) is 4.48. The van der Waals surface area contributed by atoms with E-state index in [0.29, 0.717) is 18.7 Å². The largest absolute Gasteiger partial charge is 0.491 e. The molecule has 27 heavy (non-hydrogen) atoms. The number of carbonyl (C=O) groups excluding carboxylic acids is 1. The van der Waals surface area contributed by atoms with E-state index in [2.05, 4.69) is 20.9 Å². The summed E-state index contributed by atoms with van der Waals surface area (Å²) in [6.07, 6.45) is 3.74. The van der Waals surface area contributed by atoms with E-state index >= 15 is 0 Å². The Hall–Kier alpha value is -3.08. The minimum absolute atomic E-state index is 0.0927. The van der Waals surface area contributed by atoms with Gasteiger partial charge in [0.05, 0.1) is 6.54 Å². The molecule has 0 aliphatic carbocycles. The minimum atomic E-state index is -0.0927. The van der Waals surface area contributed by atoms with Gasteiger partial charge >= 0.3 is 0 Å². The zero-order chi connectivity index (χ0) is 19.2. The summed E-state index contributed by atoms with van der Waals surface area (Å²) in [7, 11) is 0. The molecule has 0 saturated heterocycles. The van der Waals surface area contributed by atoms with Crippen molar-refractivity contribution in [2.24, 2.45) is 0 Å². The number of aryl methyl sites for hydroxylation is 3. The number of benzene rings is 2. The quantitative estimate of drug-likeness (QED) is 0.652. The van der Waals surface area contributed by atoms with E-state index < -0.39 is 0 Å². The Morgan fingerprint density at radius 1 is 1.11 bits per heavy atom. The number of imidazole rings is 1. The number of ether oxygens (including phenoxy) is 1. The van der Waals surface area contributed by atoms with Gasteiger partial charge in [-0.15, -0.1) is 0 Å². The molecule has 1 amide bonds. The Morgan fingerprint density at radius 3 is 2.59 bits per heavy atom. The Morgan fingerprint density at radius 2 is 1.89 bits per heavy atom. The molecule has 1 N–H and O–H groups in total. The second kappa shape index (κ2) is 8.54. The van der Waals surface area contributed by atoms with Crippen LogP contribution in [0.1, 0.15) is 32.9 Å². The molecule has 0 radical (unpaired) electrons. The maximum absolute atomic E-state index is 12.3. The van der Waals surface area contributed by atoms with Gasteiger partial charge in [-0.25, -0.2) is 4.98 Å². The predicted molar refractivity (Wildman–Crippen MR) is 106 cm³/mol. The van der Waals surface area contributed by atoms with Crippen molar-refractivity contribution in [3.63, 3.8) is 0 Å². The standard InChI is InChI=1S/C22H25N3O2/c1-16-4-5-17(2)21(14-16)27-13-11-24-22(26)20-8-6-19(7-9-20)15-25-12-10-23-18(25)3/h4-10,12,14H,11,13,15H2,1-3H3,(H,24,26). The molecule has 5 nitrogen and oxygen atoms in total. The second-order valence-corrected chi connectivity index (χ2v) is 6.67. The van der Waals surface area contributed by atoms with Crippen molar-refractivity contribution < 1.29 is 9.53 Å². The van der Waals surface area contributed by atoms with Gasteiger partial charge in [0.1, 0.15) is 18.2 Å². The molecule has 2 aromatic carbocycles. The first-order valence-electron chi connectivity index (χ1n) is 9.08. The second-order valence-electron chi connectivity index (χ2n) is 6.67. The molecule has 140 valence electrons. The fraction of sp³-hybridized carbons (Fsp3) is 0.273. The molecule has 5 heteroatoms. The van der Waals surface area contributed by atoms with E-state index in [1.54, 1.807) is 6.20 Å². The number of hydrogen-bond acceptors (Lipinski definition) is 3. The minimum Gasteiger partial charge on any atom is -0.491 e. The van der Waals surface area contributed by atoms with Gasteiger partial charge in [0.15, 0.2) is 0 Å². The summed E-state index contributed by atoms with van der Waals surface area (Å²) < 4.78 is 7.84. The lowest BCUT2D eigenvalue weighted by Crippen LogP contribution is -2.28. The van der Waals surface area contributed by atoms with Crippen molar-refractivity contribution in [1.29, 1.82) is 0 Å². The molecule has 0 spiro atoms. The summed E-state index contributed by atoms with van der Waals surface area (Å²) in [6, 6.07) is 13.8. The summed E-state index contributed by atoms with van der Waals surface area (Å²) in [6.45, 7) is 7.67. The third kappa shape index (κ3) is 4.97. The normalized spacial score (nSPS) is 10.6. The molecular formula is C22H25N3O2. The maximum atomic E-state index is 12.3. The number of nitrogens with one attached hydrogen (secondary N) is 1. The Bertz CT molecular complexity index is 914. The highest BCUT2D eigenvalue weighted by Crippen LogP contribution is 2.18. The Labute approximate surface area is 160 Å². The Kier molecular flexibility index (Phi) is 5.91. The van der Waals surface area contributed by atoms with E-state index in [0.717, 1.165) is 34.8 Å². The van der Waals surface area contributed by atoms with Crippen LogP contribution in [0.4, 0.5) is 0 Å². The number of aromatic nitrogens is 2. The van der Waals surface area contributed by atoms with Gasteiger partial charge in [-0.05, 0) is 55.7 Å². The van der Waals surface area contributed by atoms with Crippen LogP contribution < -0.4 is 10.1 Å². The molecule has 0 aliphatic heterocycles. The average Bonchev–Trinajstić information content (AvgIpc) is 3.06. The van der Waals surface area contributed by atoms with Crippen molar-refractivity contribution in [1.82, 2.24) is 14.9 Å². The van der Waals surface area contributed by atoms with Gasteiger partial charge in [-0.3, -0.25) is 4.79 Å². The van der Waals surface area contributed by atoms with Gasteiger partial charge in [0.25, 0.3) is 5.91 Å².